The molecule has 0 saturated heterocycles. The first kappa shape index (κ1) is 20.0. The summed E-state index contributed by atoms with van der Waals surface area (Å²) in [5, 5.41) is 0. The first-order valence-corrected chi connectivity index (χ1v) is 10.2. The molecule has 3 aromatic rings. The lowest BCUT2D eigenvalue weighted by Gasteiger charge is -2.25. The van der Waals surface area contributed by atoms with Crippen molar-refractivity contribution in [3.8, 4) is 17.2 Å². The van der Waals surface area contributed by atoms with Gasteiger partial charge in [-0.2, -0.15) is 0 Å². The Kier molecular flexibility index (Phi) is 5.75. The minimum absolute atomic E-state index is 0.0669. The average Bonchev–Trinajstić information content (AvgIpc) is 2.78. The second kappa shape index (κ2) is 8.62. The lowest BCUT2D eigenvalue weighted by Crippen LogP contribution is -2.26. The van der Waals surface area contributed by atoms with Gasteiger partial charge >= 0.3 is 0 Å². The van der Waals surface area contributed by atoms with Crippen molar-refractivity contribution in [3.05, 3.63) is 89.0 Å². The van der Waals surface area contributed by atoms with Gasteiger partial charge in [0.25, 0.3) is 0 Å². The number of hydrogen-bond acceptors (Lipinski definition) is 4. The summed E-state index contributed by atoms with van der Waals surface area (Å²) in [6.07, 6.45) is 0. The third-order valence-electron chi connectivity index (χ3n) is 5.51. The summed E-state index contributed by atoms with van der Waals surface area (Å²) in [7, 11) is 1.63. The van der Waals surface area contributed by atoms with Crippen LogP contribution in [0.3, 0.4) is 0 Å². The van der Waals surface area contributed by atoms with Gasteiger partial charge < -0.3 is 14.2 Å². The van der Waals surface area contributed by atoms with Crippen LogP contribution in [-0.2, 0) is 6.61 Å². The van der Waals surface area contributed by atoms with Gasteiger partial charge in [0, 0.05) is 6.07 Å². The molecule has 1 aliphatic rings. The molecule has 4 rings (SSSR count). The van der Waals surface area contributed by atoms with Crippen LogP contribution in [0.15, 0.2) is 66.7 Å². The zero-order valence-corrected chi connectivity index (χ0v) is 17.6. The van der Waals surface area contributed by atoms with E-state index in [9.17, 15) is 4.79 Å². The van der Waals surface area contributed by atoms with Gasteiger partial charge in [0.1, 0.15) is 30.5 Å². The lowest BCUT2D eigenvalue weighted by molar-refractivity contribution is 0.0896. The molecule has 0 radical (unpaired) electrons. The molecule has 0 bridgehead atoms. The zero-order valence-electron chi connectivity index (χ0n) is 17.6. The molecule has 4 nitrogen and oxygen atoms in total. The van der Waals surface area contributed by atoms with Gasteiger partial charge in [-0.3, -0.25) is 4.79 Å². The van der Waals surface area contributed by atoms with Crippen LogP contribution in [0.5, 0.6) is 17.2 Å². The van der Waals surface area contributed by atoms with Crippen molar-refractivity contribution in [2.24, 2.45) is 0 Å². The third-order valence-corrected chi connectivity index (χ3v) is 5.51. The Morgan fingerprint density at radius 1 is 0.967 bits per heavy atom. The highest BCUT2D eigenvalue weighted by molar-refractivity contribution is 6.04. The van der Waals surface area contributed by atoms with E-state index in [0.717, 1.165) is 16.9 Å². The van der Waals surface area contributed by atoms with Crippen molar-refractivity contribution in [3.63, 3.8) is 0 Å². The molecule has 1 unspecified atom stereocenters. The maximum Gasteiger partial charge on any atom is 0.177 e. The van der Waals surface area contributed by atoms with E-state index in [1.807, 2.05) is 30.3 Å². The normalized spacial score (nSPS) is 15.5. The minimum Gasteiger partial charge on any atom is -0.497 e. The van der Waals surface area contributed by atoms with Crippen molar-refractivity contribution in [2.45, 2.75) is 32.3 Å². The maximum absolute atomic E-state index is 13.0. The molecule has 1 atom stereocenters. The molecule has 0 spiro atoms. The number of rotatable bonds is 6. The maximum atomic E-state index is 13.0. The van der Waals surface area contributed by atoms with E-state index in [2.05, 4.69) is 38.1 Å². The van der Waals surface area contributed by atoms with Gasteiger partial charge in [-0.15, -0.1) is 0 Å². The summed E-state index contributed by atoms with van der Waals surface area (Å²) in [5.74, 6) is 2.31. The fourth-order valence-electron chi connectivity index (χ4n) is 3.60. The van der Waals surface area contributed by atoms with Crippen LogP contribution in [0.1, 0.15) is 52.7 Å². The molecular formula is C26H26O4. The topological polar surface area (TPSA) is 44.8 Å². The zero-order chi connectivity index (χ0) is 21.1. The number of carbonyl (C=O) groups is 1. The Morgan fingerprint density at radius 3 is 2.33 bits per heavy atom. The predicted molar refractivity (Wildman–Crippen MR) is 117 cm³/mol. The Hall–Kier alpha value is -3.27. The number of fused-ring (bicyclic) bond motifs is 1. The summed E-state index contributed by atoms with van der Waals surface area (Å²) in [5.41, 5.74) is 3.94. The number of hydrogen-bond donors (Lipinski definition) is 0. The Balaban J connectivity index is 1.44. The quantitative estimate of drug-likeness (QED) is 0.526. The van der Waals surface area contributed by atoms with Crippen LogP contribution in [0.2, 0.25) is 0 Å². The van der Waals surface area contributed by atoms with Gasteiger partial charge in [-0.05, 0) is 46.9 Å². The van der Waals surface area contributed by atoms with Crippen molar-refractivity contribution in [1.29, 1.82) is 0 Å². The van der Waals surface area contributed by atoms with E-state index in [1.54, 1.807) is 19.2 Å². The molecule has 1 heterocycles. The molecule has 1 aliphatic heterocycles. The van der Waals surface area contributed by atoms with E-state index < -0.39 is 0 Å². The SMILES string of the molecule is COc1ccc(C2COc3cc(OCc4ccc(C(C)C)cc4)ccc3C2=O)cc1. The third kappa shape index (κ3) is 4.18. The van der Waals surface area contributed by atoms with Crippen LogP contribution in [0.25, 0.3) is 0 Å². The predicted octanol–water partition coefficient (Wildman–Crippen LogP) is 5.76. The summed E-state index contributed by atoms with van der Waals surface area (Å²) in [6, 6.07) is 21.4. The van der Waals surface area contributed by atoms with E-state index in [1.165, 1.54) is 5.56 Å². The first-order chi connectivity index (χ1) is 14.5. The summed E-state index contributed by atoms with van der Waals surface area (Å²) < 4.78 is 17.0. The van der Waals surface area contributed by atoms with Crippen molar-refractivity contribution < 1.29 is 19.0 Å². The molecule has 0 amide bonds. The van der Waals surface area contributed by atoms with Crippen LogP contribution in [-0.4, -0.2) is 19.5 Å². The summed E-state index contributed by atoms with van der Waals surface area (Å²) >= 11 is 0. The highest BCUT2D eigenvalue weighted by atomic mass is 16.5. The number of methoxy groups -OCH3 is 1. The van der Waals surface area contributed by atoms with E-state index in [4.69, 9.17) is 14.2 Å². The molecule has 0 saturated carbocycles. The molecule has 30 heavy (non-hydrogen) atoms. The highest BCUT2D eigenvalue weighted by Crippen LogP contribution is 2.35. The molecule has 0 aliphatic carbocycles. The van der Waals surface area contributed by atoms with Gasteiger partial charge in [0.05, 0.1) is 18.6 Å². The van der Waals surface area contributed by atoms with Gasteiger partial charge in [0.2, 0.25) is 0 Å². The number of Topliss-reactive ketones (excluding diaryl/α,β-unsaturated/α-hetero) is 1. The van der Waals surface area contributed by atoms with Crippen LogP contribution in [0, 0.1) is 0 Å². The first-order valence-electron chi connectivity index (χ1n) is 10.2. The molecule has 4 heteroatoms. The Bertz CT molecular complexity index is 1020. The number of ether oxygens (including phenoxy) is 3. The fourth-order valence-corrected chi connectivity index (χ4v) is 3.60. The van der Waals surface area contributed by atoms with Crippen LogP contribution >= 0.6 is 0 Å². The van der Waals surface area contributed by atoms with Crippen molar-refractivity contribution in [2.75, 3.05) is 13.7 Å². The smallest absolute Gasteiger partial charge is 0.177 e. The van der Waals surface area contributed by atoms with E-state index >= 15 is 0 Å². The minimum atomic E-state index is -0.311. The Labute approximate surface area is 177 Å². The standard InChI is InChI=1S/C26H26O4/c1-17(2)19-6-4-18(5-7-19)15-29-22-12-13-23-25(14-22)30-16-24(26(23)27)20-8-10-21(28-3)11-9-20/h4-14,17,24H,15-16H2,1-3H3. The molecule has 0 aromatic heterocycles. The second-order valence-electron chi connectivity index (χ2n) is 7.84. The van der Waals surface area contributed by atoms with E-state index in [0.29, 0.717) is 36.2 Å². The second-order valence-corrected chi connectivity index (χ2v) is 7.84. The number of carbonyl (C=O) groups excluding carboxylic acids is 1. The number of benzene rings is 3. The molecule has 0 fully saturated rings. The average molecular weight is 402 g/mol. The fraction of sp³-hybridized carbons (Fsp3) is 0.269. The molecule has 0 N–H and O–H groups in total. The van der Waals surface area contributed by atoms with Crippen LogP contribution in [0.4, 0.5) is 0 Å². The van der Waals surface area contributed by atoms with Crippen molar-refractivity contribution in [1.82, 2.24) is 0 Å². The Morgan fingerprint density at radius 2 is 1.67 bits per heavy atom. The lowest BCUT2D eigenvalue weighted by atomic mass is 9.89. The molecular weight excluding hydrogens is 376 g/mol. The monoisotopic (exact) mass is 402 g/mol. The van der Waals surface area contributed by atoms with Crippen molar-refractivity contribution >= 4 is 5.78 Å². The van der Waals surface area contributed by atoms with Gasteiger partial charge in [0.15, 0.2) is 5.78 Å². The van der Waals surface area contributed by atoms with Gasteiger partial charge in [-0.1, -0.05) is 50.2 Å². The summed E-state index contributed by atoms with van der Waals surface area (Å²) in [6.45, 7) is 5.15. The van der Waals surface area contributed by atoms with Crippen LogP contribution < -0.4 is 14.2 Å². The van der Waals surface area contributed by atoms with Gasteiger partial charge in [-0.25, -0.2) is 0 Å². The largest absolute Gasteiger partial charge is 0.497 e. The van der Waals surface area contributed by atoms with E-state index in [-0.39, 0.29) is 11.7 Å². The molecule has 3 aromatic carbocycles. The highest BCUT2D eigenvalue weighted by Gasteiger charge is 2.30. The number of ketones is 1. The molecule has 154 valence electrons. The summed E-state index contributed by atoms with van der Waals surface area (Å²) in [4.78, 5) is 13.0.